The van der Waals surface area contributed by atoms with Gasteiger partial charge in [0.1, 0.15) is 0 Å². The highest BCUT2D eigenvalue weighted by Gasteiger charge is 2.08. The number of hydrogen-bond acceptors (Lipinski definition) is 2. The fraction of sp³-hybridized carbons (Fsp3) is 0.500. The monoisotopic (exact) mass is 294 g/mol. The van der Waals surface area contributed by atoms with Crippen LogP contribution in [0.1, 0.15) is 31.2 Å². The maximum absolute atomic E-state index is 8.79. The van der Waals surface area contributed by atoms with Crippen LogP contribution in [0.15, 0.2) is 24.4 Å². The number of rotatable bonds is 8. The highest BCUT2D eigenvalue weighted by Crippen LogP contribution is 2.25. The first-order valence-electron chi connectivity index (χ1n) is 7.29. The van der Waals surface area contributed by atoms with Crippen molar-refractivity contribution in [2.45, 2.75) is 38.8 Å². The zero-order valence-electron chi connectivity index (χ0n) is 12.0. The van der Waals surface area contributed by atoms with Crippen molar-refractivity contribution in [3.05, 3.63) is 35.0 Å². The normalized spacial score (nSPS) is 11.3. The number of aliphatic hydroxyl groups excluding tert-OH is 1. The van der Waals surface area contributed by atoms with E-state index in [0.717, 1.165) is 43.8 Å². The van der Waals surface area contributed by atoms with E-state index in [0.29, 0.717) is 6.61 Å². The quantitative estimate of drug-likeness (QED) is 0.730. The maximum Gasteiger partial charge on any atom is 0.0498 e. The van der Waals surface area contributed by atoms with Gasteiger partial charge in [0.25, 0.3) is 0 Å². The minimum Gasteiger partial charge on any atom is -0.396 e. The molecule has 1 heterocycles. The van der Waals surface area contributed by atoms with Crippen LogP contribution in [0.3, 0.4) is 0 Å². The Balaban J connectivity index is 2.12. The van der Waals surface area contributed by atoms with Gasteiger partial charge in [-0.25, -0.2) is 0 Å². The summed E-state index contributed by atoms with van der Waals surface area (Å²) in [4.78, 5) is 0. The number of fused-ring (bicyclic) bond motifs is 1. The fourth-order valence-corrected chi connectivity index (χ4v) is 2.77. The molecule has 0 radical (unpaired) electrons. The SMILES string of the molecule is CNCc1cn(CCCCCCO)c2cc(Cl)ccc12. The summed E-state index contributed by atoms with van der Waals surface area (Å²) < 4.78 is 2.30. The Morgan fingerprint density at radius 1 is 1.20 bits per heavy atom. The van der Waals surface area contributed by atoms with Gasteiger partial charge in [-0.2, -0.15) is 0 Å². The Morgan fingerprint density at radius 3 is 2.75 bits per heavy atom. The third-order valence-electron chi connectivity index (χ3n) is 3.60. The molecule has 1 aromatic heterocycles. The molecule has 0 aliphatic heterocycles. The number of aliphatic hydroxyl groups is 1. The highest BCUT2D eigenvalue weighted by atomic mass is 35.5. The number of hydrogen-bond donors (Lipinski definition) is 2. The maximum atomic E-state index is 8.79. The second-order valence-corrected chi connectivity index (χ2v) is 5.61. The molecule has 0 aliphatic rings. The summed E-state index contributed by atoms with van der Waals surface area (Å²) in [5.74, 6) is 0. The van der Waals surface area contributed by atoms with Crippen molar-refractivity contribution in [1.29, 1.82) is 0 Å². The molecule has 0 atom stereocenters. The van der Waals surface area contributed by atoms with Crippen LogP contribution in [-0.4, -0.2) is 23.3 Å². The Hall–Kier alpha value is -1.03. The first-order valence-corrected chi connectivity index (χ1v) is 7.67. The molecule has 0 amide bonds. The van der Waals surface area contributed by atoms with Crippen LogP contribution >= 0.6 is 11.6 Å². The minimum atomic E-state index is 0.300. The molecule has 2 rings (SSSR count). The van der Waals surface area contributed by atoms with Gasteiger partial charge in [0.15, 0.2) is 0 Å². The Morgan fingerprint density at radius 2 is 2.00 bits per heavy atom. The fourth-order valence-electron chi connectivity index (χ4n) is 2.60. The lowest BCUT2D eigenvalue weighted by Gasteiger charge is -2.05. The van der Waals surface area contributed by atoms with Crippen LogP contribution in [0.5, 0.6) is 0 Å². The summed E-state index contributed by atoms with van der Waals surface area (Å²) in [7, 11) is 1.97. The van der Waals surface area contributed by atoms with Gasteiger partial charge in [0.05, 0.1) is 0 Å². The summed E-state index contributed by atoms with van der Waals surface area (Å²) in [6.45, 7) is 2.18. The highest BCUT2D eigenvalue weighted by molar-refractivity contribution is 6.31. The lowest BCUT2D eigenvalue weighted by molar-refractivity contribution is 0.282. The van der Waals surface area contributed by atoms with Crippen molar-refractivity contribution in [3.8, 4) is 0 Å². The molecule has 0 spiro atoms. The van der Waals surface area contributed by atoms with Crippen molar-refractivity contribution in [3.63, 3.8) is 0 Å². The van der Waals surface area contributed by atoms with Crippen molar-refractivity contribution < 1.29 is 5.11 Å². The van der Waals surface area contributed by atoms with Gasteiger partial charge in [-0.3, -0.25) is 0 Å². The molecular weight excluding hydrogens is 272 g/mol. The van der Waals surface area contributed by atoms with E-state index in [4.69, 9.17) is 16.7 Å². The van der Waals surface area contributed by atoms with E-state index in [1.54, 1.807) is 0 Å². The molecule has 0 fully saturated rings. The van der Waals surface area contributed by atoms with Crippen LogP contribution in [0.2, 0.25) is 5.02 Å². The van der Waals surface area contributed by atoms with E-state index in [2.05, 4.69) is 22.1 Å². The van der Waals surface area contributed by atoms with Crippen molar-refractivity contribution >= 4 is 22.5 Å². The molecule has 110 valence electrons. The number of benzene rings is 1. The van der Waals surface area contributed by atoms with E-state index in [9.17, 15) is 0 Å². The molecular formula is C16H23ClN2O. The summed E-state index contributed by atoms with van der Waals surface area (Å²) >= 11 is 6.12. The minimum absolute atomic E-state index is 0.300. The van der Waals surface area contributed by atoms with Gasteiger partial charge < -0.3 is 15.0 Å². The Bertz CT molecular complexity index is 551. The van der Waals surface area contributed by atoms with Crippen LogP contribution in [0, 0.1) is 0 Å². The molecule has 0 bridgehead atoms. The van der Waals surface area contributed by atoms with Crippen molar-refractivity contribution in [2.75, 3.05) is 13.7 Å². The van der Waals surface area contributed by atoms with E-state index in [1.807, 2.05) is 19.2 Å². The summed E-state index contributed by atoms with van der Waals surface area (Å²) in [5.41, 5.74) is 2.53. The van der Waals surface area contributed by atoms with Gasteiger partial charge in [0, 0.05) is 41.8 Å². The van der Waals surface area contributed by atoms with Crippen molar-refractivity contribution in [1.82, 2.24) is 9.88 Å². The van der Waals surface area contributed by atoms with Gasteiger partial charge >= 0.3 is 0 Å². The van der Waals surface area contributed by atoms with Crippen LogP contribution < -0.4 is 5.32 Å². The predicted octanol–water partition coefficient (Wildman–Crippen LogP) is 3.57. The third kappa shape index (κ3) is 3.75. The van der Waals surface area contributed by atoms with Crippen LogP contribution in [0.25, 0.3) is 10.9 Å². The van der Waals surface area contributed by atoms with Crippen LogP contribution in [0.4, 0.5) is 0 Å². The zero-order valence-corrected chi connectivity index (χ0v) is 12.8. The topological polar surface area (TPSA) is 37.2 Å². The van der Waals surface area contributed by atoms with Gasteiger partial charge in [0.2, 0.25) is 0 Å². The summed E-state index contributed by atoms with van der Waals surface area (Å²) in [6, 6.07) is 6.10. The van der Waals surface area contributed by atoms with Crippen LogP contribution in [-0.2, 0) is 13.1 Å². The average molecular weight is 295 g/mol. The molecule has 2 N–H and O–H groups in total. The molecule has 0 saturated carbocycles. The molecule has 1 aromatic carbocycles. The predicted molar refractivity (Wildman–Crippen MR) is 85.3 cm³/mol. The number of unbranched alkanes of at least 4 members (excludes halogenated alkanes) is 3. The zero-order chi connectivity index (χ0) is 14.4. The molecule has 0 unspecified atom stereocenters. The number of aromatic nitrogens is 1. The molecule has 2 aromatic rings. The first kappa shape index (κ1) is 15.4. The molecule has 4 heteroatoms. The molecule has 3 nitrogen and oxygen atoms in total. The first-order chi connectivity index (χ1) is 9.76. The smallest absolute Gasteiger partial charge is 0.0498 e. The number of nitrogens with zero attached hydrogens (tertiary/aromatic N) is 1. The summed E-state index contributed by atoms with van der Waals surface area (Å²) in [6.07, 6.45) is 6.52. The number of nitrogens with one attached hydrogen (secondary N) is 1. The standard InChI is InChI=1S/C16H23ClN2O/c1-18-11-13-12-19(8-4-2-3-5-9-20)16-10-14(17)6-7-15(13)16/h6-7,10,12,18,20H,2-5,8-9,11H2,1H3. The average Bonchev–Trinajstić information content (AvgIpc) is 2.77. The van der Waals surface area contributed by atoms with Gasteiger partial charge in [-0.15, -0.1) is 0 Å². The van der Waals surface area contributed by atoms with Gasteiger partial charge in [-0.1, -0.05) is 30.5 Å². The molecule has 0 aliphatic carbocycles. The second-order valence-electron chi connectivity index (χ2n) is 5.18. The Labute approximate surface area is 125 Å². The number of halogens is 1. The van der Waals surface area contributed by atoms with E-state index < -0.39 is 0 Å². The molecule has 20 heavy (non-hydrogen) atoms. The van der Waals surface area contributed by atoms with E-state index in [-0.39, 0.29) is 0 Å². The van der Waals surface area contributed by atoms with E-state index >= 15 is 0 Å². The summed E-state index contributed by atoms with van der Waals surface area (Å²) in [5, 5.41) is 14.1. The molecule has 0 saturated heterocycles. The van der Waals surface area contributed by atoms with Gasteiger partial charge in [-0.05, 0) is 37.6 Å². The number of aryl methyl sites for hydroxylation is 1. The van der Waals surface area contributed by atoms with E-state index in [1.165, 1.54) is 16.5 Å². The third-order valence-corrected chi connectivity index (χ3v) is 3.84. The Kier molecular flexibility index (Phi) is 5.89. The lowest BCUT2D eigenvalue weighted by Crippen LogP contribution is -2.04. The second kappa shape index (κ2) is 7.67. The lowest BCUT2D eigenvalue weighted by atomic mass is 10.2. The van der Waals surface area contributed by atoms with Crippen molar-refractivity contribution in [2.24, 2.45) is 0 Å². The largest absolute Gasteiger partial charge is 0.396 e.